The van der Waals surface area contributed by atoms with Crippen LogP contribution in [0.4, 0.5) is 0 Å². The number of Topliss-reactive ketones (excluding diaryl/α,β-unsaturated/α-hetero) is 1. The maximum atomic E-state index is 12.0. The highest BCUT2D eigenvalue weighted by Gasteiger charge is 2.21. The summed E-state index contributed by atoms with van der Waals surface area (Å²) in [5, 5.41) is 0. The molecule has 5 nitrogen and oxygen atoms in total. The number of carbonyl (C=O) groups excluding carboxylic acids is 2. The third kappa shape index (κ3) is 8.73. The van der Waals surface area contributed by atoms with E-state index in [1.54, 1.807) is 6.92 Å². The Hall–Kier alpha value is -1.02. The Kier molecular flexibility index (Phi) is 10.1. The van der Waals surface area contributed by atoms with Crippen molar-refractivity contribution in [2.45, 2.75) is 49.9 Å². The van der Waals surface area contributed by atoms with Crippen LogP contribution in [0.1, 0.15) is 34.1 Å². The Balaban J connectivity index is 2.59. The molecule has 0 heterocycles. The molecule has 1 unspecified atom stereocenters. The summed E-state index contributed by atoms with van der Waals surface area (Å²) < 4.78 is 11.4. The van der Waals surface area contributed by atoms with Crippen molar-refractivity contribution in [3.05, 3.63) is 24.3 Å². The van der Waals surface area contributed by atoms with Gasteiger partial charge in [-0.3, -0.25) is 14.3 Å². The van der Waals surface area contributed by atoms with Crippen LogP contribution in [0.5, 0.6) is 0 Å². The zero-order chi connectivity index (χ0) is 17.9. The van der Waals surface area contributed by atoms with Gasteiger partial charge in [-0.2, -0.15) is 0 Å². The second kappa shape index (κ2) is 11.5. The number of hydrogen-bond acceptors (Lipinski definition) is 7. The van der Waals surface area contributed by atoms with Gasteiger partial charge in [0.05, 0.1) is 13.2 Å². The first-order chi connectivity index (χ1) is 11.4. The van der Waals surface area contributed by atoms with Crippen LogP contribution >= 0.6 is 23.9 Å². The average Bonchev–Trinajstić information content (AvgIpc) is 2.51. The predicted octanol–water partition coefficient (Wildman–Crippen LogP) is 3.45. The van der Waals surface area contributed by atoms with E-state index in [1.165, 1.54) is 23.9 Å². The van der Waals surface area contributed by atoms with Gasteiger partial charge in [0.15, 0.2) is 0 Å². The Morgan fingerprint density at radius 2 is 1.88 bits per heavy atom. The second-order valence-electron chi connectivity index (χ2n) is 5.75. The van der Waals surface area contributed by atoms with Gasteiger partial charge < -0.3 is 4.74 Å². The standard InChI is InChI=1S/C17H26N2O3S2/c1-5-22-17(21)16(9-12(2)3)19-24-15-8-6-7-14(10-15)23-18-11-13(4)20/h6-8,10,12,16,18-19H,5,9,11H2,1-4H3. The molecule has 0 saturated heterocycles. The topological polar surface area (TPSA) is 67.4 Å². The van der Waals surface area contributed by atoms with E-state index in [2.05, 4.69) is 23.3 Å². The zero-order valence-corrected chi connectivity index (χ0v) is 16.3. The monoisotopic (exact) mass is 370 g/mol. The lowest BCUT2D eigenvalue weighted by Gasteiger charge is -2.18. The normalized spacial score (nSPS) is 12.2. The molecule has 0 aliphatic heterocycles. The van der Waals surface area contributed by atoms with E-state index in [4.69, 9.17) is 4.74 Å². The molecule has 0 fully saturated rings. The molecule has 0 saturated carbocycles. The summed E-state index contributed by atoms with van der Waals surface area (Å²) in [5.74, 6) is 0.276. The van der Waals surface area contributed by atoms with Crippen molar-refractivity contribution in [2.75, 3.05) is 13.2 Å². The molecule has 0 bridgehead atoms. The van der Waals surface area contributed by atoms with Crippen molar-refractivity contribution in [2.24, 2.45) is 5.92 Å². The highest BCUT2D eigenvalue weighted by atomic mass is 32.2. The lowest BCUT2D eigenvalue weighted by molar-refractivity contribution is -0.145. The first-order valence-corrected chi connectivity index (χ1v) is 9.63. The molecule has 1 rings (SSSR count). The quantitative estimate of drug-likeness (QED) is 0.457. The predicted molar refractivity (Wildman–Crippen MR) is 99.9 cm³/mol. The van der Waals surface area contributed by atoms with Crippen molar-refractivity contribution in [1.82, 2.24) is 9.44 Å². The number of nitrogens with one attached hydrogen (secondary N) is 2. The van der Waals surface area contributed by atoms with E-state index >= 15 is 0 Å². The number of benzene rings is 1. The van der Waals surface area contributed by atoms with E-state index in [9.17, 15) is 9.59 Å². The number of rotatable bonds is 11. The fraction of sp³-hybridized carbons (Fsp3) is 0.529. The summed E-state index contributed by atoms with van der Waals surface area (Å²) in [6, 6.07) is 7.57. The smallest absolute Gasteiger partial charge is 0.323 e. The minimum absolute atomic E-state index is 0.0978. The highest BCUT2D eigenvalue weighted by molar-refractivity contribution is 7.98. The minimum Gasteiger partial charge on any atom is -0.465 e. The molecule has 7 heteroatoms. The van der Waals surface area contributed by atoms with Gasteiger partial charge in [0.25, 0.3) is 0 Å². The summed E-state index contributed by atoms with van der Waals surface area (Å²) in [5.41, 5.74) is 0. The van der Waals surface area contributed by atoms with Gasteiger partial charge in [-0.25, -0.2) is 4.72 Å². The first-order valence-electron chi connectivity index (χ1n) is 8.00. The van der Waals surface area contributed by atoms with Crippen molar-refractivity contribution < 1.29 is 14.3 Å². The molecular formula is C17H26N2O3S2. The summed E-state index contributed by atoms with van der Waals surface area (Å²) in [7, 11) is 0. The fourth-order valence-electron chi connectivity index (χ4n) is 1.87. The Morgan fingerprint density at radius 3 is 2.46 bits per heavy atom. The van der Waals surface area contributed by atoms with Gasteiger partial charge in [-0.1, -0.05) is 19.9 Å². The summed E-state index contributed by atoms with van der Waals surface area (Å²) in [4.78, 5) is 25.0. The van der Waals surface area contributed by atoms with Crippen molar-refractivity contribution in [3.8, 4) is 0 Å². The maximum Gasteiger partial charge on any atom is 0.323 e. The average molecular weight is 371 g/mol. The van der Waals surface area contributed by atoms with Crippen LogP contribution in [0.15, 0.2) is 34.1 Å². The third-order valence-electron chi connectivity index (χ3n) is 2.91. The Morgan fingerprint density at radius 1 is 1.21 bits per heavy atom. The molecule has 0 aliphatic rings. The van der Waals surface area contributed by atoms with Crippen molar-refractivity contribution in [3.63, 3.8) is 0 Å². The highest BCUT2D eigenvalue weighted by Crippen LogP contribution is 2.23. The van der Waals surface area contributed by atoms with E-state index in [-0.39, 0.29) is 17.8 Å². The van der Waals surface area contributed by atoms with Gasteiger partial charge in [0.2, 0.25) is 0 Å². The molecule has 134 valence electrons. The molecule has 0 aliphatic carbocycles. The van der Waals surface area contributed by atoms with E-state index in [0.29, 0.717) is 19.1 Å². The molecular weight excluding hydrogens is 344 g/mol. The summed E-state index contributed by atoms with van der Waals surface area (Å²) >= 11 is 2.84. The van der Waals surface area contributed by atoms with Crippen LogP contribution < -0.4 is 9.44 Å². The first kappa shape index (κ1) is 21.0. The zero-order valence-electron chi connectivity index (χ0n) is 14.6. The van der Waals surface area contributed by atoms with Crippen molar-refractivity contribution >= 4 is 35.6 Å². The van der Waals surface area contributed by atoms with Crippen LogP contribution in [0.25, 0.3) is 0 Å². The van der Waals surface area contributed by atoms with E-state index in [0.717, 1.165) is 16.2 Å². The van der Waals surface area contributed by atoms with Crippen LogP contribution in [0, 0.1) is 5.92 Å². The van der Waals surface area contributed by atoms with Gasteiger partial charge in [-0.05, 0) is 68.3 Å². The maximum absolute atomic E-state index is 12.0. The molecule has 0 amide bonds. The lowest BCUT2D eigenvalue weighted by Crippen LogP contribution is -2.35. The van der Waals surface area contributed by atoms with Crippen molar-refractivity contribution in [1.29, 1.82) is 0 Å². The molecule has 2 N–H and O–H groups in total. The molecule has 0 radical (unpaired) electrons. The van der Waals surface area contributed by atoms with E-state index in [1.807, 2.05) is 31.2 Å². The van der Waals surface area contributed by atoms with Gasteiger partial charge >= 0.3 is 5.97 Å². The summed E-state index contributed by atoms with van der Waals surface area (Å²) in [6.45, 7) is 8.24. The molecule has 1 atom stereocenters. The fourth-order valence-corrected chi connectivity index (χ4v) is 3.52. The number of ketones is 1. The van der Waals surface area contributed by atoms with Gasteiger partial charge in [-0.15, -0.1) is 0 Å². The minimum atomic E-state index is -0.331. The molecule has 24 heavy (non-hydrogen) atoms. The second-order valence-corrected chi connectivity index (χ2v) is 7.63. The van der Waals surface area contributed by atoms with Gasteiger partial charge in [0.1, 0.15) is 11.8 Å². The third-order valence-corrected chi connectivity index (χ3v) is 4.58. The molecule has 1 aromatic carbocycles. The SMILES string of the molecule is CCOC(=O)C(CC(C)C)NSc1cccc(SNCC(C)=O)c1. The summed E-state index contributed by atoms with van der Waals surface area (Å²) in [6.07, 6.45) is 0.723. The van der Waals surface area contributed by atoms with Crippen LogP contribution in [-0.4, -0.2) is 30.9 Å². The largest absolute Gasteiger partial charge is 0.465 e. The Labute approximate surface area is 152 Å². The molecule has 1 aromatic rings. The number of hydrogen-bond donors (Lipinski definition) is 2. The number of carbonyl (C=O) groups is 2. The van der Waals surface area contributed by atoms with Crippen LogP contribution in [0.2, 0.25) is 0 Å². The lowest BCUT2D eigenvalue weighted by atomic mass is 10.1. The molecule has 0 spiro atoms. The Bertz CT molecular complexity index is 538. The van der Waals surface area contributed by atoms with E-state index < -0.39 is 0 Å². The van der Waals surface area contributed by atoms with Crippen LogP contribution in [0.3, 0.4) is 0 Å². The van der Waals surface area contributed by atoms with Gasteiger partial charge in [0, 0.05) is 9.79 Å². The number of esters is 1. The molecule has 0 aromatic heterocycles. The van der Waals surface area contributed by atoms with Crippen LogP contribution in [-0.2, 0) is 14.3 Å². The number of ether oxygens (including phenoxy) is 1.